The van der Waals surface area contributed by atoms with Gasteiger partial charge in [-0.25, -0.2) is 4.57 Å². The van der Waals surface area contributed by atoms with Crippen molar-refractivity contribution in [1.29, 1.82) is 0 Å². The molecule has 26 heavy (non-hydrogen) atoms. The molecule has 0 unspecified atom stereocenters. The van der Waals surface area contributed by atoms with E-state index in [2.05, 4.69) is 82.8 Å². The Hall–Kier alpha value is -1.63. The molecule has 1 aromatic carbocycles. The summed E-state index contributed by atoms with van der Waals surface area (Å²) in [5.74, 6) is 0. The van der Waals surface area contributed by atoms with E-state index in [4.69, 9.17) is 0 Å². The highest BCUT2D eigenvalue weighted by Gasteiger charge is 2.29. The van der Waals surface area contributed by atoms with Crippen LogP contribution in [0.3, 0.4) is 0 Å². The second-order valence-electron chi connectivity index (χ2n) is 9.30. The van der Waals surface area contributed by atoms with Gasteiger partial charge in [0, 0.05) is 17.2 Å². The Kier molecular flexibility index (Phi) is 5.28. The highest BCUT2D eigenvalue weighted by Crippen LogP contribution is 2.40. The number of nitrogens with zero attached hydrogens (tertiary/aromatic N) is 1. The molecule has 0 saturated heterocycles. The minimum atomic E-state index is 0.227. The lowest BCUT2D eigenvalue weighted by Crippen LogP contribution is -2.33. The number of aryl methyl sites for hydroxylation is 2. The fraction of sp³-hybridized carbons (Fsp3) is 0.560. The summed E-state index contributed by atoms with van der Waals surface area (Å²) in [6.45, 7) is 11.7. The van der Waals surface area contributed by atoms with Crippen molar-refractivity contribution < 1.29 is 4.57 Å². The van der Waals surface area contributed by atoms with Gasteiger partial charge in [0.25, 0.3) is 0 Å². The molecule has 0 bridgehead atoms. The predicted molar refractivity (Wildman–Crippen MR) is 112 cm³/mol. The van der Waals surface area contributed by atoms with E-state index in [0.29, 0.717) is 5.41 Å². The molecule has 1 heterocycles. The minimum absolute atomic E-state index is 0.227. The van der Waals surface area contributed by atoms with Crippen molar-refractivity contribution >= 4 is 0 Å². The van der Waals surface area contributed by atoms with Crippen molar-refractivity contribution in [3.05, 3.63) is 53.2 Å². The first-order valence-corrected chi connectivity index (χ1v) is 10.4. The van der Waals surface area contributed by atoms with Gasteiger partial charge in [-0.1, -0.05) is 59.1 Å². The Morgan fingerprint density at radius 3 is 2.31 bits per heavy atom. The molecule has 2 aromatic rings. The fourth-order valence-corrected chi connectivity index (χ4v) is 4.44. The van der Waals surface area contributed by atoms with E-state index in [9.17, 15) is 0 Å². The van der Waals surface area contributed by atoms with Crippen molar-refractivity contribution in [2.24, 2.45) is 7.05 Å². The quantitative estimate of drug-likeness (QED) is 0.562. The predicted octanol–water partition coefficient (Wildman–Crippen LogP) is 6.40. The first kappa shape index (κ1) is 19.1. The smallest absolute Gasteiger partial charge is 0.201 e. The van der Waals surface area contributed by atoms with Crippen molar-refractivity contribution in [2.45, 2.75) is 84.0 Å². The van der Waals surface area contributed by atoms with Crippen molar-refractivity contribution in [3.63, 3.8) is 0 Å². The van der Waals surface area contributed by atoms with Gasteiger partial charge in [0.15, 0.2) is 6.20 Å². The summed E-state index contributed by atoms with van der Waals surface area (Å²) < 4.78 is 2.30. The van der Waals surface area contributed by atoms with Gasteiger partial charge in [-0.3, -0.25) is 0 Å². The maximum absolute atomic E-state index is 2.46. The third kappa shape index (κ3) is 3.59. The number of rotatable bonds is 4. The highest BCUT2D eigenvalue weighted by atomic mass is 14.9. The second-order valence-corrected chi connectivity index (χ2v) is 9.30. The zero-order chi connectivity index (χ0) is 18.9. The first-order valence-electron chi connectivity index (χ1n) is 10.4. The maximum atomic E-state index is 2.46. The normalized spacial score (nSPS) is 17.3. The van der Waals surface area contributed by atoms with Crippen LogP contribution in [0.15, 0.2) is 36.5 Å². The fourth-order valence-electron chi connectivity index (χ4n) is 4.44. The van der Waals surface area contributed by atoms with Gasteiger partial charge >= 0.3 is 0 Å². The molecule has 0 amide bonds. The van der Waals surface area contributed by atoms with Gasteiger partial charge in [-0.2, -0.15) is 0 Å². The summed E-state index contributed by atoms with van der Waals surface area (Å²) in [6.07, 6.45) is 10.3. The van der Waals surface area contributed by atoms with Crippen LogP contribution >= 0.6 is 0 Å². The molecule has 0 N–H and O–H groups in total. The third-order valence-corrected chi connectivity index (χ3v) is 6.96. The third-order valence-electron chi connectivity index (χ3n) is 6.96. The number of hydrogen-bond acceptors (Lipinski definition) is 0. The second kappa shape index (κ2) is 7.18. The molecule has 1 fully saturated rings. The lowest BCUT2D eigenvalue weighted by atomic mass is 9.70. The van der Waals surface area contributed by atoms with E-state index in [1.165, 1.54) is 60.1 Å². The molecule has 0 spiro atoms. The van der Waals surface area contributed by atoms with Crippen LogP contribution in [0, 0.1) is 6.92 Å². The molecule has 1 saturated carbocycles. The molecule has 0 radical (unpaired) electrons. The Labute approximate surface area is 160 Å². The standard InChI is InChI=1S/C25H36N/c1-7-24(3,4)21-12-14-23(26(6)18-21)22-13-11-20(17-19(22)2)25(5)15-9-8-10-16-25/h11-14,17-18H,7-10,15-16H2,1-6H3/q+1. The summed E-state index contributed by atoms with van der Waals surface area (Å²) in [4.78, 5) is 0. The van der Waals surface area contributed by atoms with Crippen LogP contribution in [-0.4, -0.2) is 0 Å². The minimum Gasteiger partial charge on any atom is -0.201 e. The van der Waals surface area contributed by atoms with Gasteiger partial charge in [0.1, 0.15) is 7.05 Å². The number of pyridine rings is 1. The first-order chi connectivity index (χ1) is 12.3. The molecule has 1 nitrogen and oxygen atoms in total. The van der Waals surface area contributed by atoms with E-state index in [1.54, 1.807) is 0 Å². The molecule has 3 rings (SSSR count). The van der Waals surface area contributed by atoms with Crippen LogP contribution in [0.25, 0.3) is 11.3 Å². The van der Waals surface area contributed by atoms with Gasteiger partial charge < -0.3 is 0 Å². The van der Waals surface area contributed by atoms with Gasteiger partial charge in [0.05, 0.1) is 0 Å². The molecule has 0 aliphatic heterocycles. The number of aromatic nitrogens is 1. The van der Waals surface area contributed by atoms with Crippen molar-refractivity contribution in [1.82, 2.24) is 0 Å². The van der Waals surface area contributed by atoms with E-state index in [-0.39, 0.29) is 5.41 Å². The average molecular weight is 351 g/mol. The van der Waals surface area contributed by atoms with Crippen LogP contribution in [0.1, 0.15) is 82.9 Å². The lowest BCUT2D eigenvalue weighted by molar-refractivity contribution is -0.661. The molecule has 1 heteroatoms. The Bertz CT molecular complexity index is 779. The molecule has 1 aliphatic carbocycles. The van der Waals surface area contributed by atoms with Crippen LogP contribution in [0.2, 0.25) is 0 Å². The van der Waals surface area contributed by atoms with Crippen LogP contribution in [-0.2, 0) is 17.9 Å². The largest absolute Gasteiger partial charge is 0.212 e. The van der Waals surface area contributed by atoms with E-state index in [1.807, 2.05) is 0 Å². The SMILES string of the molecule is CCC(C)(C)c1ccc(-c2ccc(C3(C)CCCCC3)cc2C)[n+](C)c1. The van der Waals surface area contributed by atoms with E-state index < -0.39 is 0 Å². The van der Waals surface area contributed by atoms with Gasteiger partial charge in [-0.05, 0) is 60.3 Å². The lowest BCUT2D eigenvalue weighted by Gasteiger charge is -2.34. The summed E-state index contributed by atoms with van der Waals surface area (Å²) in [6, 6.07) is 11.8. The zero-order valence-electron chi connectivity index (χ0n) is 17.7. The van der Waals surface area contributed by atoms with Crippen LogP contribution in [0.5, 0.6) is 0 Å². The summed E-state index contributed by atoms with van der Waals surface area (Å²) in [5.41, 5.74) is 7.60. The van der Waals surface area contributed by atoms with Crippen LogP contribution < -0.4 is 4.57 Å². The zero-order valence-corrected chi connectivity index (χ0v) is 17.7. The Morgan fingerprint density at radius 1 is 1.04 bits per heavy atom. The molecule has 1 aliphatic rings. The molecule has 1 aromatic heterocycles. The number of benzene rings is 1. The average Bonchev–Trinajstić information content (AvgIpc) is 2.62. The van der Waals surface area contributed by atoms with Gasteiger partial charge in [0.2, 0.25) is 5.69 Å². The molecular formula is C25H36N+. The molecular weight excluding hydrogens is 314 g/mol. The monoisotopic (exact) mass is 350 g/mol. The summed E-state index contributed by atoms with van der Waals surface area (Å²) >= 11 is 0. The summed E-state index contributed by atoms with van der Waals surface area (Å²) in [7, 11) is 2.18. The molecule has 140 valence electrons. The van der Waals surface area contributed by atoms with Crippen molar-refractivity contribution in [3.8, 4) is 11.3 Å². The van der Waals surface area contributed by atoms with Crippen molar-refractivity contribution in [2.75, 3.05) is 0 Å². The van der Waals surface area contributed by atoms with Crippen LogP contribution in [0.4, 0.5) is 0 Å². The van der Waals surface area contributed by atoms with Gasteiger partial charge in [-0.15, -0.1) is 0 Å². The molecule has 0 atom stereocenters. The highest BCUT2D eigenvalue weighted by molar-refractivity contribution is 5.62. The maximum Gasteiger partial charge on any atom is 0.212 e. The Balaban J connectivity index is 1.95. The number of hydrogen-bond donors (Lipinski definition) is 0. The topological polar surface area (TPSA) is 3.88 Å². The Morgan fingerprint density at radius 2 is 1.73 bits per heavy atom. The summed E-state index contributed by atoms with van der Waals surface area (Å²) in [5, 5.41) is 0. The van der Waals surface area contributed by atoms with E-state index in [0.717, 1.165) is 6.42 Å². The van der Waals surface area contributed by atoms with E-state index >= 15 is 0 Å².